The maximum atomic E-state index is 13.6. The summed E-state index contributed by atoms with van der Waals surface area (Å²) in [7, 11) is 0. The van der Waals surface area contributed by atoms with E-state index in [1.54, 1.807) is 41.3 Å². The molecule has 0 radical (unpaired) electrons. The standard InChI is InChI=1S/C27H31FN4O3/c1-3-15-31(27(34)29-22-11-13-23(14-12-22)35-4-2)19-25(33)32-18-17-30-16-5-6-24(30)26(32)20-7-9-21(28)10-8-20/h5-14,16,26H,3-4,15,17-19H2,1-2H3,(H,29,34). The topological polar surface area (TPSA) is 66.8 Å². The van der Waals surface area contributed by atoms with E-state index in [1.165, 1.54) is 17.0 Å². The normalized spacial score (nSPS) is 14.8. The monoisotopic (exact) mass is 478 g/mol. The van der Waals surface area contributed by atoms with Crippen molar-refractivity contribution in [1.29, 1.82) is 0 Å². The zero-order valence-electron chi connectivity index (χ0n) is 20.1. The third kappa shape index (κ3) is 5.65. The number of ether oxygens (including phenoxy) is 1. The van der Waals surface area contributed by atoms with E-state index < -0.39 is 0 Å². The SMILES string of the molecule is CCCN(CC(=O)N1CCn2cccc2C1c1ccc(F)cc1)C(=O)Nc1ccc(OCC)cc1. The second-order valence-corrected chi connectivity index (χ2v) is 8.48. The van der Waals surface area contributed by atoms with Crippen LogP contribution in [0.1, 0.15) is 37.6 Å². The van der Waals surface area contributed by atoms with Crippen molar-refractivity contribution < 1.29 is 18.7 Å². The van der Waals surface area contributed by atoms with Crippen LogP contribution in [-0.4, -0.2) is 52.5 Å². The van der Waals surface area contributed by atoms with E-state index in [-0.39, 0.29) is 30.3 Å². The van der Waals surface area contributed by atoms with E-state index >= 15 is 0 Å². The molecule has 7 nitrogen and oxygen atoms in total. The maximum absolute atomic E-state index is 13.6. The van der Waals surface area contributed by atoms with Crippen molar-refractivity contribution in [3.05, 3.63) is 83.9 Å². The van der Waals surface area contributed by atoms with Crippen LogP contribution in [0.3, 0.4) is 0 Å². The van der Waals surface area contributed by atoms with Gasteiger partial charge in [-0.05, 0) is 67.4 Å². The van der Waals surface area contributed by atoms with Crippen molar-refractivity contribution in [3.8, 4) is 5.75 Å². The maximum Gasteiger partial charge on any atom is 0.322 e. The number of benzene rings is 2. The molecule has 8 heteroatoms. The number of urea groups is 1. The van der Waals surface area contributed by atoms with Crippen molar-refractivity contribution >= 4 is 17.6 Å². The summed E-state index contributed by atoms with van der Waals surface area (Å²) in [4.78, 5) is 29.9. The Hall–Kier alpha value is -3.81. The Bertz CT molecular complexity index is 1140. The molecule has 0 spiro atoms. The minimum absolute atomic E-state index is 0.0465. The molecule has 184 valence electrons. The van der Waals surface area contributed by atoms with Crippen LogP contribution in [0.15, 0.2) is 66.9 Å². The molecule has 1 aromatic heterocycles. The van der Waals surface area contributed by atoms with E-state index in [1.807, 2.05) is 32.2 Å². The highest BCUT2D eigenvalue weighted by Crippen LogP contribution is 2.32. The van der Waals surface area contributed by atoms with E-state index in [0.717, 1.165) is 17.0 Å². The summed E-state index contributed by atoms with van der Waals surface area (Å²) >= 11 is 0. The number of nitrogens with one attached hydrogen (secondary N) is 1. The minimum Gasteiger partial charge on any atom is -0.494 e. The summed E-state index contributed by atoms with van der Waals surface area (Å²) < 4.78 is 21.1. The number of rotatable bonds is 8. The van der Waals surface area contributed by atoms with Gasteiger partial charge in [0, 0.05) is 37.2 Å². The molecule has 2 heterocycles. The van der Waals surface area contributed by atoms with E-state index in [2.05, 4.69) is 9.88 Å². The van der Waals surface area contributed by atoms with Gasteiger partial charge in [0.2, 0.25) is 5.91 Å². The Morgan fingerprint density at radius 2 is 1.80 bits per heavy atom. The smallest absolute Gasteiger partial charge is 0.322 e. The number of hydrogen-bond donors (Lipinski definition) is 1. The van der Waals surface area contributed by atoms with E-state index in [0.29, 0.717) is 38.3 Å². The molecule has 0 aliphatic carbocycles. The van der Waals surface area contributed by atoms with Gasteiger partial charge in [-0.25, -0.2) is 9.18 Å². The summed E-state index contributed by atoms with van der Waals surface area (Å²) in [6.45, 7) is 6.01. The van der Waals surface area contributed by atoms with Crippen LogP contribution in [0.25, 0.3) is 0 Å². The lowest BCUT2D eigenvalue weighted by molar-refractivity contribution is -0.134. The lowest BCUT2D eigenvalue weighted by Crippen LogP contribution is -2.48. The highest BCUT2D eigenvalue weighted by Gasteiger charge is 2.33. The van der Waals surface area contributed by atoms with Gasteiger partial charge in [-0.3, -0.25) is 4.79 Å². The number of aromatic nitrogens is 1. The van der Waals surface area contributed by atoms with Gasteiger partial charge in [-0.15, -0.1) is 0 Å². The van der Waals surface area contributed by atoms with Crippen LogP contribution >= 0.6 is 0 Å². The summed E-state index contributed by atoms with van der Waals surface area (Å²) in [6.07, 6.45) is 2.70. The number of carbonyl (C=O) groups is 2. The molecule has 0 bridgehead atoms. The number of carbonyl (C=O) groups excluding carboxylic acids is 2. The minimum atomic E-state index is -0.343. The van der Waals surface area contributed by atoms with Gasteiger partial charge in [0.1, 0.15) is 18.1 Å². The fourth-order valence-corrected chi connectivity index (χ4v) is 4.43. The fourth-order valence-electron chi connectivity index (χ4n) is 4.43. The molecule has 1 atom stereocenters. The zero-order chi connectivity index (χ0) is 24.8. The van der Waals surface area contributed by atoms with E-state index in [9.17, 15) is 14.0 Å². The predicted molar refractivity (Wildman–Crippen MR) is 133 cm³/mol. The predicted octanol–water partition coefficient (Wildman–Crippen LogP) is 4.90. The second-order valence-electron chi connectivity index (χ2n) is 8.48. The van der Waals surface area contributed by atoms with Gasteiger partial charge < -0.3 is 24.4 Å². The largest absolute Gasteiger partial charge is 0.494 e. The quantitative estimate of drug-likeness (QED) is 0.501. The van der Waals surface area contributed by atoms with Crippen LogP contribution in [0.4, 0.5) is 14.9 Å². The van der Waals surface area contributed by atoms with Gasteiger partial charge in [0.05, 0.1) is 12.6 Å². The van der Waals surface area contributed by atoms with Crippen molar-refractivity contribution in [2.75, 3.05) is 31.6 Å². The molecule has 35 heavy (non-hydrogen) atoms. The Balaban J connectivity index is 1.50. The van der Waals surface area contributed by atoms with Gasteiger partial charge in [0.15, 0.2) is 0 Å². The van der Waals surface area contributed by atoms with Crippen LogP contribution in [0.5, 0.6) is 5.75 Å². The van der Waals surface area contributed by atoms with Crippen molar-refractivity contribution in [1.82, 2.24) is 14.4 Å². The number of nitrogens with zero attached hydrogens (tertiary/aromatic N) is 3. The summed E-state index contributed by atoms with van der Waals surface area (Å²) in [5.74, 6) is 0.257. The second kappa shape index (κ2) is 11.1. The molecule has 0 saturated carbocycles. The van der Waals surface area contributed by atoms with Gasteiger partial charge >= 0.3 is 6.03 Å². The first-order valence-corrected chi connectivity index (χ1v) is 12.0. The Labute approximate surface area is 205 Å². The third-order valence-corrected chi connectivity index (χ3v) is 6.07. The molecule has 4 rings (SSSR count). The fraction of sp³-hybridized carbons (Fsp3) is 0.333. The molecular formula is C27H31FN4O3. The average Bonchev–Trinajstić information content (AvgIpc) is 3.34. The van der Waals surface area contributed by atoms with Crippen molar-refractivity contribution in [2.24, 2.45) is 0 Å². The number of halogens is 1. The highest BCUT2D eigenvalue weighted by molar-refractivity contribution is 5.92. The first kappa shape index (κ1) is 24.3. The number of hydrogen-bond acceptors (Lipinski definition) is 3. The Morgan fingerprint density at radius 1 is 1.06 bits per heavy atom. The van der Waals surface area contributed by atoms with Crippen LogP contribution in [-0.2, 0) is 11.3 Å². The number of anilines is 1. The summed E-state index contributed by atoms with van der Waals surface area (Å²) in [6, 6.07) is 16.7. The number of fused-ring (bicyclic) bond motifs is 1. The molecule has 3 aromatic rings. The lowest BCUT2D eigenvalue weighted by Gasteiger charge is -2.38. The third-order valence-electron chi connectivity index (χ3n) is 6.07. The number of amides is 3. The summed E-state index contributed by atoms with van der Waals surface area (Å²) in [5, 5.41) is 2.88. The Morgan fingerprint density at radius 3 is 2.49 bits per heavy atom. The first-order chi connectivity index (χ1) is 17.0. The van der Waals surface area contributed by atoms with Crippen LogP contribution in [0.2, 0.25) is 0 Å². The Kier molecular flexibility index (Phi) is 7.70. The molecule has 0 saturated heterocycles. The molecule has 3 amide bonds. The average molecular weight is 479 g/mol. The first-order valence-electron chi connectivity index (χ1n) is 12.0. The summed E-state index contributed by atoms with van der Waals surface area (Å²) in [5.41, 5.74) is 2.43. The zero-order valence-corrected chi connectivity index (χ0v) is 20.1. The molecule has 1 unspecified atom stereocenters. The van der Waals surface area contributed by atoms with Crippen LogP contribution in [0, 0.1) is 5.82 Å². The molecule has 1 aliphatic heterocycles. The van der Waals surface area contributed by atoms with Crippen molar-refractivity contribution in [2.45, 2.75) is 32.9 Å². The van der Waals surface area contributed by atoms with Gasteiger partial charge in [-0.2, -0.15) is 0 Å². The lowest BCUT2D eigenvalue weighted by atomic mass is 9.99. The van der Waals surface area contributed by atoms with Crippen molar-refractivity contribution in [3.63, 3.8) is 0 Å². The van der Waals surface area contributed by atoms with E-state index in [4.69, 9.17) is 4.74 Å². The molecule has 2 aromatic carbocycles. The molecule has 1 aliphatic rings. The van der Waals surface area contributed by atoms with Gasteiger partial charge in [-0.1, -0.05) is 19.1 Å². The molecule has 1 N–H and O–H groups in total. The highest BCUT2D eigenvalue weighted by atomic mass is 19.1. The van der Waals surface area contributed by atoms with Gasteiger partial charge in [0.25, 0.3) is 0 Å². The van der Waals surface area contributed by atoms with Crippen LogP contribution < -0.4 is 10.1 Å². The molecule has 0 fully saturated rings. The molecular weight excluding hydrogens is 447 g/mol.